The summed E-state index contributed by atoms with van der Waals surface area (Å²) in [5, 5.41) is 0. The Morgan fingerprint density at radius 3 is 2.41 bits per heavy atom. The summed E-state index contributed by atoms with van der Waals surface area (Å²) in [5.41, 5.74) is 6.61. The van der Waals surface area contributed by atoms with Crippen molar-refractivity contribution in [1.82, 2.24) is 24.5 Å². The number of nitrogens with two attached hydrogens (primary N) is 1. The van der Waals surface area contributed by atoms with Crippen LogP contribution < -0.4 is 10.5 Å². The number of halogens is 5. The molecule has 0 aliphatic rings. The van der Waals surface area contributed by atoms with Gasteiger partial charge < -0.3 is 10.5 Å². The van der Waals surface area contributed by atoms with E-state index in [4.69, 9.17) is 10.5 Å². The lowest BCUT2D eigenvalue weighted by Crippen LogP contribution is -2.10. The Bertz CT molecular complexity index is 1310. The molecule has 0 bridgehead atoms. The van der Waals surface area contributed by atoms with Crippen molar-refractivity contribution in [3.63, 3.8) is 0 Å². The van der Waals surface area contributed by atoms with Crippen LogP contribution in [-0.2, 0) is 6.61 Å². The number of pyridine rings is 1. The van der Waals surface area contributed by atoms with E-state index in [1.807, 2.05) is 0 Å². The molecule has 0 saturated heterocycles. The van der Waals surface area contributed by atoms with Crippen LogP contribution in [0.15, 0.2) is 48.8 Å². The smallest absolute Gasteiger partial charge is 0.320 e. The minimum absolute atomic E-state index is 0.0966. The van der Waals surface area contributed by atoms with Crippen LogP contribution in [0.25, 0.3) is 22.4 Å². The van der Waals surface area contributed by atoms with Crippen LogP contribution in [0.3, 0.4) is 0 Å². The molecule has 2 N–H and O–H groups in total. The van der Waals surface area contributed by atoms with Gasteiger partial charge in [0.25, 0.3) is 6.43 Å². The lowest BCUT2D eigenvalue weighted by molar-refractivity contribution is 0.0631. The van der Waals surface area contributed by atoms with Gasteiger partial charge in [0, 0.05) is 23.7 Å². The van der Waals surface area contributed by atoms with Crippen LogP contribution in [0.4, 0.5) is 27.9 Å². The Hall–Kier alpha value is -4.09. The highest BCUT2D eigenvalue weighted by Crippen LogP contribution is 2.39. The minimum atomic E-state index is -2.86. The van der Waals surface area contributed by atoms with Gasteiger partial charge in [-0.3, -0.25) is 9.55 Å². The minimum Gasteiger partial charge on any atom is -0.469 e. The molecule has 1 aromatic carbocycles. The molecule has 12 heteroatoms. The number of nitrogens with zero attached hydrogens (tertiary/aromatic N) is 5. The van der Waals surface area contributed by atoms with Gasteiger partial charge in [0.1, 0.15) is 18.1 Å². The first-order valence-electron chi connectivity index (χ1n) is 9.86. The van der Waals surface area contributed by atoms with Crippen LogP contribution >= 0.6 is 0 Å². The Labute approximate surface area is 190 Å². The largest absolute Gasteiger partial charge is 0.469 e. The summed E-state index contributed by atoms with van der Waals surface area (Å²) in [6.45, 7) is -1.73. The summed E-state index contributed by atoms with van der Waals surface area (Å²) in [6.07, 6.45) is -0.583. The summed E-state index contributed by atoms with van der Waals surface area (Å²) in [4.78, 5) is 16.0. The fourth-order valence-corrected chi connectivity index (χ4v) is 3.35. The predicted molar refractivity (Wildman–Crippen MR) is 113 cm³/mol. The van der Waals surface area contributed by atoms with Gasteiger partial charge in [-0.05, 0) is 48.9 Å². The Morgan fingerprint density at radius 2 is 1.74 bits per heavy atom. The highest BCUT2D eigenvalue weighted by molar-refractivity contribution is 5.85. The van der Waals surface area contributed by atoms with Crippen molar-refractivity contribution >= 4 is 5.95 Å². The topological polar surface area (TPSA) is 91.7 Å². The molecule has 0 aliphatic carbocycles. The summed E-state index contributed by atoms with van der Waals surface area (Å²) in [7, 11) is 0. The quantitative estimate of drug-likeness (QED) is 0.362. The van der Waals surface area contributed by atoms with E-state index in [2.05, 4.69) is 19.9 Å². The van der Waals surface area contributed by atoms with Crippen molar-refractivity contribution in [3.05, 3.63) is 71.8 Å². The monoisotopic (exact) mass is 476 g/mol. The molecule has 0 fully saturated rings. The molecule has 0 saturated carbocycles. The lowest BCUT2D eigenvalue weighted by Gasteiger charge is -2.17. The highest BCUT2D eigenvalue weighted by atomic mass is 19.3. The van der Waals surface area contributed by atoms with Gasteiger partial charge in [-0.2, -0.15) is 13.8 Å². The number of hydrogen-bond donors (Lipinski definition) is 1. The predicted octanol–water partition coefficient (Wildman–Crippen LogP) is 5.34. The van der Waals surface area contributed by atoms with Crippen molar-refractivity contribution in [2.45, 2.75) is 26.5 Å². The molecule has 4 aromatic rings. The number of aryl methyl sites for hydroxylation is 1. The van der Waals surface area contributed by atoms with Gasteiger partial charge in [-0.25, -0.2) is 23.1 Å². The summed E-state index contributed by atoms with van der Waals surface area (Å²) in [6, 6.07) is 7.90. The van der Waals surface area contributed by atoms with E-state index in [0.29, 0.717) is 10.1 Å². The number of hydrogen-bond acceptors (Lipinski definition) is 6. The van der Waals surface area contributed by atoms with E-state index in [1.165, 1.54) is 43.5 Å². The summed E-state index contributed by atoms with van der Waals surface area (Å²) >= 11 is 0. The first-order chi connectivity index (χ1) is 16.2. The van der Waals surface area contributed by atoms with Crippen molar-refractivity contribution in [1.29, 1.82) is 0 Å². The van der Waals surface area contributed by atoms with Crippen molar-refractivity contribution in [2.24, 2.45) is 0 Å². The second kappa shape index (κ2) is 9.41. The van der Waals surface area contributed by atoms with Gasteiger partial charge >= 0.3 is 6.55 Å². The van der Waals surface area contributed by atoms with Crippen LogP contribution in [0.5, 0.6) is 5.88 Å². The number of imidazole rings is 1. The van der Waals surface area contributed by atoms with E-state index in [1.54, 1.807) is 0 Å². The molecule has 0 atom stereocenters. The Balaban J connectivity index is 1.89. The SMILES string of the molecule is Cc1cc(-c2c(OCc3nccn3C(F)F)nc(N)nc2-c2ccc(F)cc2)cc(C(F)F)n1. The molecule has 176 valence electrons. The molecule has 3 aromatic heterocycles. The number of alkyl halides is 4. The third-order valence-corrected chi connectivity index (χ3v) is 4.79. The van der Waals surface area contributed by atoms with E-state index in [9.17, 15) is 22.0 Å². The molecule has 3 heterocycles. The van der Waals surface area contributed by atoms with E-state index >= 15 is 0 Å². The van der Waals surface area contributed by atoms with Gasteiger partial charge in [0.2, 0.25) is 11.8 Å². The standard InChI is InChI=1S/C22H17F5N6O/c1-11-8-13(9-15(30-11)19(24)25)17-18(12-2-4-14(23)5-3-12)31-22(28)32-20(17)34-10-16-29-6-7-33(16)21(26)27/h2-9,19,21H,10H2,1H3,(H2,28,31,32). The molecular formula is C22H17F5N6O. The maximum Gasteiger partial charge on any atom is 0.320 e. The zero-order valence-corrected chi connectivity index (χ0v) is 17.6. The van der Waals surface area contributed by atoms with Crippen LogP contribution in [0.1, 0.15) is 30.2 Å². The molecule has 0 spiro atoms. The molecule has 34 heavy (non-hydrogen) atoms. The normalized spacial score (nSPS) is 11.4. The van der Waals surface area contributed by atoms with E-state index in [-0.39, 0.29) is 40.2 Å². The Kier molecular flexibility index (Phi) is 6.39. The average Bonchev–Trinajstić information content (AvgIpc) is 3.26. The average molecular weight is 476 g/mol. The number of aromatic nitrogens is 5. The molecule has 4 rings (SSSR count). The van der Waals surface area contributed by atoms with Crippen LogP contribution in [0, 0.1) is 12.7 Å². The maximum atomic E-state index is 13.5. The Morgan fingerprint density at radius 1 is 1.00 bits per heavy atom. The van der Waals surface area contributed by atoms with Gasteiger partial charge in [-0.1, -0.05) is 0 Å². The van der Waals surface area contributed by atoms with Gasteiger partial charge in [0.15, 0.2) is 5.82 Å². The fourth-order valence-electron chi connectivity index (χ4n) is 3.35. The van der Waals surface area contributed by atoms with Gasteiger partial charge in [0.05, 0.1) is 11.3 Å². The van der Waals surface area contributed by atoms with E-state index < -0.39 is 31.1 Å². The molecule has 0 aliphatic heterocycles. The highest BCUT2D eigenvalue weighted by Gasteiger charge is 2.22. The molecule has 0 amide bonds. The first-order valence-corrected chi connectivity index (χ1v) is 9.86. The second-order valence-electron chi connectivity index (χ2n) is 7.16. The summed E-state index contributed by atoms with van der Waals surface area (Å²) in [5.74, 6) is -0.973. The van der Waals surface area contributed by atoms with Crippen molar-refractivity contribution in [2.75, 3.05) is 5.73 Å². The zero-order chi connectivity index (χ0) is 24.4. The number of benzene rings is 1. The number of ether oxygens (including phenoxy) is 1. The summed E-state index contributed by atoms with van der Waals surface area (Å²) < 4.78 is 73.1. The number of anilines is 1. The molecular weight excluding hydrogens is 459 g/mol. The van der Waals surface area contributed by atoms with Crippen molar-refractivity contribution < 1.29 is 26.7 Å². The maximum absolute atomic E-state index is 13.5. The third kappa shape index (κ3) is 4.80. The van der Waals surface area contributed by atoms with Crippen molar-refractivity contribution in [3.8, 4) is 28.3 Å². The molecule has 0 unspecified atom stereocenters. The number of rotatable bonds is 7. The first kappa shape index (κ1) is 23.1. The van der Waals surface area contributed by atoms with Gasteiger partial charge in [-0.15, -0.1) is 0 Å². The van der Waals surface area contributed by atoms with Crippen LogP contribution in [0.2, 0.25) is 0 Å². The van der Waals surface area contributed by atoms with E-state index in [0.717, 1.165) is 12.3 Å². The molecule has 0 radical (unpaired) electrons. The third-order valence-electron chi connectivity index (χ3n) is 4.79. The fraction of sp³-hybridized carbons (Fsp3) is 0.182. The second-order valence-corrected chi connectivity index (χ2v) is 7.16. The lowest BCUT2D eigenvalue weighted by atomic mass is 9.99. The van der Waals surface area contributed by atoms with Crippen LogP contribution in [-0.4, -0.2) is 24.5 Å². The number of nitrogen functional groups attached to an aromatic ring is 1. The molecule has 7 nitrogen and oxygen atoms in total. The zero-order valence-electron chi connectivity index (χ0n) is 17.6.